The van der Waals surface area contributed by atoms with Crippen LogP contribution in [0.1, 0.15) is 71.6 Å². The number of amides is 4. The molecule has 1 saturated carbocycles. The summed E-state index contributed by atoms with van der Waals surface area (Å²) >= 11 is 0. The van der Waals surface area contributed by atoms with Crippen molar-refractivity contribution in [3.05, 3.63) is 0 Å². The van der Waals surface area contributed by atoms with Gasteiger partial charge in [-0.25, -0.2) is 4.79 Å². The van der Waals surface area contributed by atoms with Gasteiger partial charge in [-0.2, -0.15) is 0 Å². The van der Waals surface area contributed by atoms with Gasteiger partial charge in [-0.3, -0.25) is 14.5 Å². The Hall–Kier alpha value is -1.59. The average molecular weight is 335 g/mol. The molecule has 0 bridgehead atoms. The Morgan fingerprint density at radius 3 is 2.21 bits per heavy atom. The van der Waals surface area contributed by atoms with Gasteiger partial charge in [0.25, 0.3) is 5.91 Å². The zero-order chi connectivity index (χ0) is 17.3. The summed E-state index contributed by atoms with van der Waals surface area (Å²) in [7, 11) is 0. The zero-order valence-electron chi connectivity index (χ0n) is 14.8. The van der Waals surface area contributed by atoms with Crippen molar-refractivity contribution >= 4 is 17.8 Å². The molecule has 134 valence electrons. The number of hydrogen-bond acceptors (Lipinski definition) is 3. The van der Waals surface area contributed by atoms with Crippen LogP contribution < -0.4 is 5.32 Å². The molecule has 1 spiro atoms. The molecule has 0 aromatic rings. The Morgan fingerprint density at radius 2 is 1.62 bits per heavy atom. The molecule has 6 nitrogen and oxygen atoms in total. The Labute approximate surface area is 143 Å². The van der Waals surface area contributed by atoms with Crippen LogP contribution in [0.2, 0.25) is 0 Å². The van der Waals surface area contributed by atoms with Crippen molar-refractivity contribution in [2.45, 2.75) is 89.3 Å². The van der Waals surface area contributed by atoms with Gasteiger partial charge in [-0.1, -0.05) is 25.7 Å². The second-order valence-electron chi connectivity index (χ2n) is 7.75. The van der Waals surface area contributed by atoms with Gasteiger partial charge in [0, 0.05) is 12.1 Å². The van der Waals surface area contributed by atoms with E-state index in [2.05, 4.69) is 5.32 Å². The van der Waals surface area contributed by atoms with E-state index in [0.717, 1.165) is 49.8 Å². The number of hydrogen-bond donors (Lipinski definition) is 1. The van der Waals surface area contributed by atoms with Crippen molar-refractivity contribution in [1.82, 2.24) is 15.1 Å². The molecule has 3 rings (SSSR count). The standard InChI is InChI=1S/C18H29N3O3/c1-13-8-7-9-14(2)21(13)15(22)12-20-16(23)18(19-17(20)24)10-5-3-4-6-11-18/h13-14H,3-12H2,1-2H3,(H,19,24)/t13-,14+. The Balaban J connectivity index is 1.71. The minimum absolute atomic E-state index is 0.108. The fourth-order valence-corrected chi connectivity index (χ4v) is 4.62. The van der Waals surface area contributed by atoms with Gasteiger partial charge in [0.05, 0.1) is 0 Å². The highest BCUT2D eigenvalue weighted by Crippen LogP contribution is 2.33. The molecule has 2 saturated heterocycles. The van der Waals surface area contributed by atoms with Crippen LogP contribution in [-0.2, 0) is 9.59 Å². The zero-order valence-corrected chi connectivity index (χ0v) is 14.8. The van der Waals surface area contributed by atoms with Crippen LogP contribution in [0.5, 0.6) is 0 Å². The summed E-state index contributed by atoms with van der Waals surface area (Å²) < 4.78 is 0. The van der Waals surface area contributed by atoms with E-state index in [1.807, 2.05) is 18.7 Å². The van der Waals surface area contributed by atoms with Crippen LogP contribution >= 0.6 is 0 Å². The fourth-order valence-electron chi connectivity index (χ4n) is 4.62. The Morgan fingerprint density at radius 1 is 1.04 bits per heavy atom. The number of piperidine rings is 1. The topological polar surface area (TPSA) is 69.7 Å². The first-order chi connectivity index (χ1) is 11.4. The lowest BCUT2D eigenvalue weighted by Crippen LogP contribution is -2.52. The molecular weight excluding hydrogens is 306 g/mol. The molecule has 2 heterocycles. The molecule has 4 amide bonds. The lowest BCUT2D eigenvalue weighted by molar-refractivity contribution is -0.143. The van der Waals surface area contributed by atoms with Crippen LogP contribution in [-0.4, -0.2) is 51.8 Å². The van der Waals surface area contributed by atoms with E-state index in [1.165, 1.54) is 0 Å². The van der Waals surface area contributed by atoms with E-state index in [0.29, 0.717) is 12.8 Å². The SMILES string of the molecule is C[C@@H]1CCC[C@H](C)N1C(=O)CN1C(=O)NC2(CCCCCC2)C1=O. The van der Waals surface area contributed by atoms with Gasteiger partial charge in [0.2, 0.25) is 5.91 Å². The van der Waals surface area contributed by atoms with Crippen molar-refractivity contribution in [2.24, 2.45) is 0 Å². The molecule has 24 heavy (non-hydrogen) atoms. The smallest absolute Gasteiger partial charge is 0.325 e. The minimum atomic E-state index is -0.757. The number of nitrogens with zero attached hydrogens (tertiary/aromatic N) is 2. The molecule has 2 atom stereocenters. The molecule has 0 aromatic heterocycles. The lowest BCUT2D eigenvalue weighted by atomic mass is 9.90. The summed E-state index contributed by atoms with van der Waals surface area (Å²) in [5.74, 6) is -0.302. The number of likely N-dealkylation sites (tertiary alicyclic amines) is 1. The molecule has 2 aliphatic heterocycles. The van der Waals surface area contributed by atoms with Gasteiger partial charge < -0.3 is 10.2 Å². The summed E-state index contributed by atoms with van der Waals surface area (Å²) in [4.78, 5) is 41.0. The number of carbonyl (C=O) groups excluding carboxylic acids is 3. The minimum Gasteiger partial charge on any atom is -0.336 e. The summed E-state index contributed by atoms with van der Waals surface area (Å²) in [5, 5.41) is 2.91. The highest BCUT2D eigenvalue weighted by molar-refractivity contribution is 6.09. The van der Waals surface area contributed by atoms with Crippen LogP contribution in [0, 0.1) is 0 Å². The molecule has 0 aromatic carbocycles. The number of carbonyl (C=O) groups is 3. The maximum absolute atomic E-state index is 12.9. The summed E-state index contributed by atoms with van der Waals surface area (Å²) in [6.45, 7) is 3.97. The molecule has 3 fully saturated rings. The van der Waals surface area contributed by atoms with Crippen LogP contribution in [0.15, 0.2) is 0 Å². The predicted molar refractivity (Wildman–Crippen MR) is 90.3 cm³/mol. The van der Waals surface area contributed by atoms with Crippen LogP contribution in [0.3, 0.4) is 0 Å². The highest BCUT2D eigenvalue weighted by atomic mass is 16.2. The first kappa shape index (κ1) is 17.2. The van der Waals surface area contributed by atoms with Crippen molar-refractivity contribution in [2.75, 3.05) is 6.54 Å². The van der Waals surface area contributed by atoms with Crippen LogP contribution in [0.4, 0.5) is 4.79 Å². The highest BCUT2D eigenvalue weighted by Gasteiger charge is 2.51. The quantitative estimate of drug-likeness (QED) is 0.788. The van der Waals surface area contributed by atoms with Gasteiger partial charge in [-0.05, 0) is 46.0 Å². The third-order valence-corrected chi connectivity index (χ3v) is 5.98. The molecule has 1 N–H and O–H groups in total. The van der Waals surface area contributed by atoms with Crippen molar-refractivity contribution in [3.8, 4) is 0 Å². The van der Waals surface area contributed by atoms with Crippen molar-refractivity contribution in [3.63, 3.8) is 0 Å². The molecule has 6 heteroatoms. The normalized spacial score (nSPS) is 30.4. The summed E-state index contributed by atoms with van der Waals surface area (Å²) in [5.41, 5.74) is -0.757. The molecule has 0 unspecified atom stereocenters. The van der Waals surface area contributed by atoms with Gasteiger partial charge >= 0.3 is 6.03 Å². The summed E-state index contributed by atoms with van der Waals surface area (Å²) in [6.07, 6.45) is 8.59. The van der Waals surface area contributed by atoms with E-state index in [-0.39, 0.29) is 30.4 Å². The third-order valence-electron chi connectivity index (χ3n) is 5.98. The van der Waals surface area contributed by atoms with E-state index in [1.54, 1.807) is 0 Å². The number of urea groups is 1. The fraction of sp³-hybridized carbons (Fsp3) is 0.833. The monoisotopic (exact) mass is 335 g/mol. The van der Waals surface area contributed by atoms with E-state index in [4.69, 9.17) is 0 Å². The van der Waals surface area contributed by atoms with Crippen molar-refractivity contribution < 1.29 is 14.4 Å². The van der Waals surface area contributed by atoms with Gasteiger partial charge in [0.1, 0.15) is 12.1 Å². The number of rotatable bonds is 2. The average Bonchev–Trinajstić information content (AvgIpc) is 2.71. The lowest BCUT2D eigenvalue weighted by Gasteiger charge is -2.39. The van der Waals surface area contributed by atoms with Gasteiger partial charge in [0.15, 0.2) is 0 Å². The third kappa shape index (κ3) is 3.03. The summed E-state index contributed by atoms with van der Waals surface area (Å²) in [6, 6.07) is -0.0460. The van der Waals surface area contributed by atoms with E-state index < -0.39 is 11.6 Å². The molecule has 1 aliphatic carbocycles. The molecule has 0 radical (unpaired) electrons. The first-order valence-electron chi connectivity index (χ1n) is 9.40. The maximum atomic E-state index is 12.9. The largest absolute Gasteiger partial charge is 0.336 e. The first-order valence-corrected chi connectivity index (χ1v) is 9.40. The molecular formula is C18H29N3O3. The van der Waals surface area contributed by atoms with Gasteiger partial charge in [-0.15, -0.1) is 0 Å². The second kappa shape index (κ2) is 6.73. The number of nitrogens with one attached hydrogen (secondary N) is 1. The number of imide groups is 1. The maximum Gasteiger partial charge on any atom is 0.325 e. The van der Waals surface area contributed by atoms with Crippen LogP contribution in [0.25, 0.3) is 0 Å². The second-order valence-corrected chi connectivity index (χ2v) is 7.75. The Kier molecular flexibility index (Phi) is 4.83. The molecule has 3 aliphatic rings. The van der Waals surface area contributed by atoms with Crippen molar-refractivity contribution in [1.29, 1.82) is 0 Å². The van der Waals surface area contributed by atoms with E-state index in [9.17, 15) is 14.4 Å². The Bertz CT molecular complexity index is 516. The predicted octanol–water partition coefficient (Wildman–Crippen LogP) is 2.42. The van der Waals surface area contributed by atoms with E-state index >= 15 is 0 Å².